The number of quaternary nitrogens is 1. The number of hydrogen-bond donors (Lipinski definition) is 2. The topological polar surface area (TPSA) is 64.4 Å². The lowest BCUT2D eigenvalue weighted by Gasteiger charge is -2.23. The number of piperidine rings is 1. The number of fused-ring (bicyclic) bond motifs is 1. The number of hydrogen-bond acceptors (Lipinski definition) is 4. The summed E-state index contributed by atoms with van der Waals surface area (Å²) in [5, 5.41) is 4.25. The Hall–Kier alpha value is -2.08. The third-order valence-corrected chi connectivity index (χ3v) is 3.98. The van der Waals surface area contributed by atoms with Gasteiger partial charge in [-0.25, -0.2) is 5.43 Å². The fourth-order valence-corrected chi connectivity index (χ4v) is 2.59. The van der Waals surface area contributed by atoms with Crippen molar-refractivity contribution in [2.75, 3.05) is 26.4 Å². The molecule has 1 saturated heterocycles. The van der Waals surface area contributed by atoms with E-state index in [1.807, 2.05) is 0 Å². The van der Waals surface area contributed by atoms with E-state index < -0.39 is 0 Å². The summed E-state index contributed by atoms with van der Waals surface area (Å²) in [6, 6.07) is 5.14. The van der Waals surface area contributed by atoms with Crippen molar-refractivity contribution in [3.8, 4) is 11.5 Å². The molecule has 1 aromatic rings. The molecule has 1 amide bonds. The number of nitrogens with zero attached hydrogens (tertiary/aromatic N) is 1. The summed E-state index contributed by atoms with van der Waals surface area (Å²) in [5.74, 6) is 1.06. The molecule has 0 atom stereocenters. The summed E-state index contributed by atoms with van der Waals surface area (Å²) >= 11 is 0. The number of ether oxygens (including phenoxy) is 2. The molecule has 1 fully saturated rings. The van der Waals surface area contributed by atoms with Crippen LogP contribution in [-0.2, 0) is 0 Å². The number of carbonyl (C=O) groups excluding carboxylic acids is 1. The normalized spacial score (nSPS) is 20.2. The molecule has 6 heteroatoms. The number of nitrogens with one attached hydrogen (secondary N) is 2. The second kappa shape index (κ2) is 6.13. The molecule has 0 unspecified atom stereocenters. The standard InChI is InChI=1S/C15H19N3O3/c1-2-18-7-5-12(6-8-18)16-17-15(19)11-3-4-13-14(9-11)21-10-20-13/h3-4,9H,2,5-8,10H2,1H3,(H,17,19)/p+1. The fraction of sp³-hybridized carbons (Fsp3) is 0.467. The van der Waals surface area contributed by atoms with E-state index in [9.17, 15) is 4.79 Å². The first-order valence-corrected chi connectivity index (χ1v) is 7.35. The molecule has 2 aliphatic rings. The lowest BCUT2D eigenvalue weighted by molar-refractivity contribution is -0.899. The Balaban J connectivity index is 1.59. The van der Waals surface area contributed by atoms with E-state index in [-0.39, 0.29) is 12.7 Å². The predicted octanol–water partition coefficient (Wildman–Crippen LogP) is 0.200. The first kappa shape index (κ1) is 13.9. The summed E-state index contributed by atoms with van der Waals surface area (Å²) in [6.07, 6.45) is 1.90. The third-order valence-electron chi connectivity index (χ3n) is 3.98. The molecule has 3 rings (SSSR count). The number of benzene rings is 1. The van der Waals surface area contributed by atoms with Gasteiger partial charge in [-0.15, -0.1) is 0 Å². The molecule has 1 aromatic carbocycles. The van der Waals surface area contributed by atoms with Gasteiger partial charge in [0, 0.05) is 24.1 Å². The average Bonchev–Trinajstić information content (AvgIpc) is 3.00. The van der Waals surface area contributed by atoms with Gasteiger partial charge in [-0.2, -0.15) is 5.10 Å². The van der Waals surface area contributed by atoms with E-state index >= 15 is 0 Å². The maximum Gasteiger partial charge on any atom is 0.271 e. The van der Waals surface area contributed by atoms with Crippen LogP contribution in [-0.4, -0.2) is 38.0 Å². The Morgan fingerprint density at radius 3 is 2.81 bits per heavy atom. The number of hydrazone groups is 1. The Kier molecular flexibility index (Phi) is 4.06. The fourth-order valence-electron chi connectivity index (χ4n) is 2.59. The third kappa shape index (κ3) is 3.16. The number of rotatable bonds is 3. The molecule has 2 aliphatic heterocycles. The van der Waals surface area contributed by atoms with E-state index in [0.29, 0.717) is 17.1 Å². The van der Waals surface area contributed by atoms with Crippen molar-refractivity contribution in [1.29, 1.82) is 0 Å². The van der Waals surface area contributed by atoms with Crippen LogP contribution in [0.4, 0.5) is 0 Å². The molecule has 0 aromatic heterocycles. The van der Waals surface area contributed by atoms with Crippen LogP contribution in [0.15, 0.2) is 23.3 Å². The van der Waals surface area contributed by atoms with E-state index in [2.05, 4.69) is 17.5 Å². The number of carbonyl (C=O) groups is 1. The van der Waals surface area contributed by atoms with Crippen molar-refractivity contribution in [2.45, 2.75) is 19.8 Å². The first-order chi connectivity index (χ1) is 10.3. The zero-order valence-corrected chi connectivity index (χ0v) is 12.1. The van der Waals surface area contributed by atoms with Crippen LogP contribution in [0.3, 0.4) is 0 Å². The van der Waals surface area contributed by atoms with E-state index in [4.69, 9.17) is 9.47 Å². The van der Waals surface area contributed by atoms with Gasteiger partial charge >= 0.3 is 0 Å². The summed E-state index contributed by atoms with van der Waals surface area (Å²) in [5.41, 5.74) is 4.23. The minimum atomic E-state index is -0.217. The van der Waals surface area contributed by atoms with Crippen molar-refractivity contribution < 1.29 is 19.2 Å². The number of amides is 1. The van der Waals surface area contributed by atoms with E-state index in [1.54, 1.807) is 23.1 Å². The van der Waals surface area contributed by atoms with Crippen molar-refractivity contribution >= 4 is 11.6 Å². The average molecular weight is 290 g/mol. The van der Waals surface area contributed by atoms with Gasteiger partial charge in [-0.1, -0.05) is 0 Å². The van der Waals surface area contributed by atoms with E-state index in [0.717, 1.165) is 38.2 Å². The SMILES string of the molecule is CC[NH+]1CCC(=NNC(=O)c2ccc3c(c2)OCO3)CC1. The molecule has 6 nitrogen and oxygen atoms in total. The molecule has 0 spiro atoms. The van der Waals surface area contributed by atoms with Gasteiger partial charge in [-0.05, 0) is 25.1 Å². The van der Waals surface area contributed by atoms with Crippen LogP contribution in [0.5, 0.6) is 11.5 Å². The highest BCUT2D eigenvalue weighted by molar-refractivity contribution is 5.96. The largest absolute Gasteiger partial charge is 0.454 e. The lowest BCUT2D eigenvalue weighted by atomic mass is 10.1. The van der Waals surface area contributed by atoms with Gasteiger partial charge in [0.25, 0.3) is 5.91 Å². The van der Waals surface area contributed by atoms with Gasteiger partial charge in [0.15, 0.2) is 11.5 Å². The van der Waals surface area contributed by atoms with Crippen molar-refractivity contribution in [3.05, 3.63) is 23.8 Å². The summed E-state index contributed by atoms with van der Waals surface area (Å²) < 4.78 is 10.5. The highest BCUT2D eigenvalue weighted by Gasteiger charge is 2.18. The maximum absolute atomic E-state index is 12.1. The second-order valence-corrected chi connectivity index (χ2v) is 5.29. The molecule has 112 valence electrons. The van der Waals surface area contributed by atoms with Crippen LogP contribution in [0, 0.1) is 0 Å². The zero-order chi connectivity index (χ0) is 14.7. The van der Waals surface area contributed by atoms with Gasteiger partial charge in [0.05, 0.1) is 19.6 Å². The molecule has 0 bridgehead atoms. The number of likely N-dealkylation sites (tertiary alicyclic amines) is 1. The van der Waals surface area contributed by atoms with Gasteiger partial charge in [-0.3, -0.25) is 4.79 Å². The molecule has 21 heavy (non-hydrogen) atoms. The molecule has 0 saturated carbocycles. The van der Waals surface area contributed by atoms with Crippen LogP contribution < -0.4 is 19.8 Å². The maximum atomic E-state index is 12.1. The molecule has 2 heterocycles. The molecule has 2 N–H and O–H groups in total. The molecular formula is C15H20N3O3+. The lowest BCUT2D eigenvalue weighted by Crippen LogP contribution is -3.12. The van der Waals surface area contributed by atoms with Crippen LogP contribution >= 0.6 is 0 Å². The van der Waals surface area contributed by atoms with Crippen molar-refractivity contribution in [3.63, 3.8) is 0 Å². The van der Waals surface area contributed by atoms with Crippen LogP contribution in [0.25, 0.3) is 0 Å². The summed E-state index contributed by atoms with van der Waals surface area (Å²) in [4.78, 5) is 13.7. The van der Waals surface area contributed by atoms with Crippen molar-refractivity contribution in [2.24, 2.45) is 5.10 Å². The Labute approximate surface area is 123 Å². The van der Waals surface area contributed by atoms with Crippen molar-refractivity contribution in [1.82, 2.24) is 5.43 Å². The zero-order valence-electron chi connectivity index (χ0n) is 12.1. The summed E-state index contributed by atoms with van der Waals surface area (Å²) in [7, 11) is 0. The minimum Gasteiger partial charge on any atom is -0.454 e. The van der Waals surface area contributed by atoms with Gasteiger partial charge in [0.2, 0.25) is 6.79 Å². The smallest absolute Gasteiger partial charge is 0.271 e. The monoisotopic (exact) mass is 290 g/mol. The second-order valence-electron chi connectivity index (χ2n) is 5.29. The molecular weight excluding hydrogens is 270 g/mol. The Morgan fingerprint density at radius 1 is 1.29 bits per heavy atom. The summed E-state index contributed by atoms with van der Waals surface area (Å²) in [6.45, 7) is 5.74. The Bertz CT molecular complexity index is 561. The highest BCUT2D eigenvalue weighted by Crippen LogP contribution is 2.32. The minimum absolute atomic E-state index is 0.207. The quantitative estimate of drug-likeness (QED) is 0.782. The predicted molar refractivity (Wildman–Crippen MR) is 77.9 cm³/mol. The molecule has 0 radical (unpaired) electrons. The van der Waals surface area contributed by atoms with Gasteiger partial charge < -0.3 is 14.4 Å². The van der Waals surface area contributed by atoms with Crippen LogP contribution in [0.2, 0.25) is 0 Å². The van der Waals surface area contributed by atoms with E-state index in [1.165, 1.54) is 0 Å². The van der Waals surface area contributed by atoms with Gasteiger partial charge in [0.1, 0.15) is 0 Å². The Morgan fingerprint density at radius 2 is 2.05 bits per heavy atom. The molecule has 0 aliphatic carbocycles. The highest BCUT2D eigenvalue weighted by atomic mass is 16.7. The first-order valence-electron chi connectivity index (χ1n) is 7.35. The van der Waals surface area contributed by atoms with Crippen LogP contribution in [0.1, 0.15) is 30.1 Å².